The van der Waals surface area contributed by atoms with Gasteiger partial charge in [0, 0.05) is 18.1 Å². The quantitative estimate of drug-likeness (QED) is 0.731. The second-order valence-electron chi connectivity index (χ2n) is 4.77. The van der Waals surface area contributed by atoms with Crippen LogP contribution in [0.15, 0.2) is 60.7 Å². The normalized spacial score (nSPS) is 11.3. The molecule has 104 valence electrons. The van der Waals surface area contributed by atoms with Gasteiger partial charge in [0.1, 0.15) is 0 Å². The second-order valence-corrected chi connectivity index (χ2v) is 5.20. The molecule has 0 saturated heterocycles. The molecule has 2 heteroatoms. The molecule has 0 aliphatic carbocycles. The van der Waals surface area contributed by atoms with Gasteiger partial charge in [-0.25, -0.2) is 0 Å². The van der Waals surface area contributed by atoms with Crippen LogP contribution in [0.25, 0.3) is 6.08 Å². The summed E-state index contributed by atoms with van der Waals surface area (Å²) in [7, 11) is 0. The van der Waals surface area contributed by atoms with E-state index in [1.807, 2.05) is 24.3 Å². The zero-order valence-electron chi connectivity index (χ0n) is 11.8. The van der Waals surface area contributed by atoms with Gasteiger partial charge in [-0.05, 0) is 29.8 Å². The fourth-order valence-electron chi connectivity index (χ4n) is 2.06. The molecule has 0 radical (unpaired) electrons. The Balaban J connectivity index is 1.89. The van der Waals surface area contributed by atoms with Gasteiger partial charge in [0.05, 0.1) is 0 Å². The molecule has 0 aliphatic heterocycles. The van der Waals surface area contributed by atoms with Crippen molar-refractivity contribution in [1.82, 2.24) is 4.90 Å². The molecule has 2 aromatic rings. The summed E-state index contributed by atoms with van der Waals surface area (Å²) in [5, 5.41) is 0.779. The summed E-state index contributed by atoms with van der Waals surface area (Å²) in [5.74, 6) is 0. The average molecular weight is 286 g/mol. The molecule has 2 aromatic carbocycles. The Bertz CT molecular complexity index is 531. The molecule has 0 amide bonds. The van der Waals surface area contributed by atoms with E-state index in [4.69, 9.17) is 11.6 Å². The Labute approximate surface area is 126 Å². The monoisotopic (exact) mass is 285 g/mol. The molecule has 0 fully saturated rings. The van der Waals surface area contributed by atoms with E-state index in [2.05, 4.69) is 54.3 Å². The number of likely N-dealkylation sites (N-methyl/N-ethyl adjacent to an activating group) is 1. The predicted molar refractivity (Wildman–Crippen MR) is 87.9 cm³/mol. The van der Waals surface area contributed by atoms with Gasteiger partial charge < -0.3 is 0 Å². The highest BCUT2D eigenvalue weighted by atomic mass is 35.5. The Morgan fingerprint density at radius 2 is 1.70 bits per heavy atom. The van der Waals surface area contributed by atoms with E-state index in [0.717, 1.165) is 24.7 Å². The zero-order chi connectivity index (χ0) is 14.2. The molecular weight excluding hydrogens is 266 g/mol. The highest BCUT2D eigenvalue weighted by Gasteiger charge is 2.00. The maximum Gasteiger partial charge on any atom is 0.0406 e. The minimum Gasteiger partial charge on any atom is -0.296 e. The van der Waals surface area contributed by atoms with E-state index in [0.29, 0.717) is 0 Å². The van der Waals surface area contributed by atoms with Crippen molar-refractivity contribution < 1.29 is 0 Å². The Hall–Kier alpha value is -1.57. The van der Waals surface area contributed by atoms with Crippen molar-refractivity contribution in [1.29, 1.82) is 0 Å². The largest absolute Gasteiger partial charge is 0.296 e. The molecule has 20 heavy (non-hydrogen) atoms. The van der Waals surface area contributed by atoms with E-state index < -0.39 is 0 Å². The van der Waals surface area contributed by atoms with Gasteiger partial charge in [0.15, 0.2) is 0 Å². The summed E-state index contributed by atoms with van der Waals surface area (Å²) in [6.45, 7) is 5.18. The first-order valence-electron chi connectivity index (χ1n) is 6.96. The highest BCUT2D eigenvalue weighted by molar-refractivity contribution is 6.30. The smallest absolute Gasteiger partial charge is 0.0406 e. The van der Waals surface area contributed by atoms with E-state index in [1.165, 1.54) is 11.1 Å². The zero-order valence-corrected chi connectivity index (χ0v) is 12.6. The van der Waals surface area contributed by atoms with Crippen molar-refractivity contribution >= 4 is 17.7 Å². The average Bonchev–Trinajstić information content (AvgIpc) is 2.49. The van der Waals surface area contributed by atoms with Crippen molar-refractivity contribution in [3.8, 4) is 0 Å². The first kappa shape index (κ1) is 14.8. The number of hydrogen-bond donors (Lipinski definition) is 0. The number of benzene rings is 2. The number of hydrogen-bond acceptors (Lipinski definition) is 1. The molecule has 0 saturated carbocycles. The molecule has 0 aliphatic rings. The summed E-state index contributed by atoms with van der Waals surface area (Å²) in [6, 6.07) is 18.5. The van der Waals surface area contributed by atoms with Crippen LogP contribution in [0.2, 0.25) is 5.02 Å². The van der Waals surface area contributed by atoms with Gasteiger partial charge in [-0.15, -0.1) is 0 Å². The van der Waals surface area contributed by atoms with Crippen LogP contribution in [0.3, 0.4) is 0 Å². The Morgan fingerprint density at radius 3 is 2.35 bits per heavy atom. The molecule has 2 rings (SSSR count). The van der Waals surface area contributed by atoms with Gasteiger partial charge in [-0.2, -0.15) is 0 Å². The Morgan fingerprint density at radius 1 is 1.00 bits per heavy atom. The van der Waals surface area contributed by atoms with Crippen LogP contribution in [0.4, 0.5) is 0 Å². The SMILES string of the molecule is CCN(C/C=C\c1ccc(Cl)cc1)Cc1ccccc1. The summed E-state index contributed by atoms with van der Waals surface area (Å²) >= 11 is 5.88. The minimum absolute atomic E-state index is 0.779. The third-order valence-corrected chi connectivity index (χ3v) is 3.49. The fourth-order valence-corrected chi connectivity index (χ4v) is 2.18. The predicted octanol–water partition coefficient (Wildman–Crippen LogP) is 4.88. The topological polar surface area (TPSA) is 3.24 Å². The lowest BCUT2D eigenvalue weighted by Gasteiger charge is -2.18. The van der Waals surface area contributed by atoms with Gasteiger partial charge >= 0.3 is 0 Å². The third kappa shape index (κ3) is 4.84. The second kappa shape index (κ2) is 7.88. The molecular formula is C18H20ClN. The van der Waals surface area contributed by atoms with Crippen molar-refractivity contribution in [2.24, 2.45) is 0 Å². The van der Waals surface area contributed by atoms with Crippen LogP contribution >= 0.6 is 11.6 Å². The van der Waals surface area contributed by atoms with Crippen molar-refractivity contribution in [3.63, 3.8) is 0 Å². The number of rotatable bonds is 6. The number of nitrogens with zero attached hydrogens (tertiary/aromatic N) is 1. The summed E-state index contributed by atoms with van der Waals surface area (Å²) in [6.07, 6.45) is 4.35. The molecule has 1 nitrogen and oxygen atoms in total. The highest BCUT2D eigenvalue weighted by Crippen LogP contribution is 2.11. The van der Waals surface area contributed by atoms with Crippen LogP contribution in [-0.4, -0.2) is 18.0 Å². The summed E-state index contributed by atoms with van der Waals surface area (Å²) in [5.41, 5.74) is 2.54. The van der Waals surface area contributed by atoms with Crippen molar-refractivity contribution in [2.45, 2.75) is 13.5 Å². The molecule has 0 unspecified atom stereocenters. The summed E-state index contributed by atoms with van der Waals surface area (Å²) < 4.78 is 0. The van der Waals surface area contributed by atoms with Crippen LogP contribution in [0.5, 0.6) is 0 Å². The van der Waals surface area contributed by atoms with Crippen molar-refractivity contribution in [2.75, 3.05) is 13.1 Å². The van der Waals surface area contributed by atoms with Gasteiger partial charge in [0.2, 0.25) is 0 Å². The van der Waals surface area contributed by atoms with E-state index >= 15 is 0 Å². The molecule has 0 bridgehead atoms. The maximum absolute atomic E-state index is 5.88. The minimum atomic E-state index is 0.779. The van der Waals surface area contributed by atoms with Crippen molar-refractivity contribution in [3.05, 3.63) is 76.8 Å². The lowest BCUT2D eigenvalue weighted by molar-refractivity contribution is 0.311. The van der Waals surface area contributed by atoms with E-state index in [1.54, 1.807) is 0 Å². The maximum atomic E-state index is 5.88. The Kier molecular flexibility index (Phi) is 5.85. The van der Waals surface area contributed by atoms with Crippen LogP contribution in [0.1, 0.15) is 18.1 Å². The first-order valence-corrected chi connectivity index (χ1v) is 7.34. The molecule has 0 N–H and O–H groups in total. The van der Waals surface area contributed by atoms with Crippen LogP contribution in [-0.2, 0) is 6.54 Å². The molecule has 0 heterocycles. The number of halogens is 1. The fraction of sp³-hybridized carbons (Fsp3) is 0.222. The van der Waals surface area contributed by atoms with Crippen LogP contribution in [0, 0.1) is 0 Å². The molecule has 0 aromatic heterocycles. The first-order chi connectivity index (χ1) is 9.78. The lowest BCUT2D eigenvalue weighted by Crippen LogP contribution is -2.22. The van der Waals surface area contributed by atoms with Gasteiger partial charge in [0.25, 0.3) is 0 Å². The van der Waals surface area contributed by atoms with E-state index in [-0.39, 0.29) is 0 Å². The van der Waals surface area contributed by atoms with Crippen LogP contribution < -0.4 is 0 Å². The standard InChI is InChI=1S/C18H20ClN/c1-2-20(15-17-7-4-3-5-8-17)14-6-9-16-10-12-18(19)13-11-16/h3-13H,2,14-15H2,1H3/b9-6-. The van der Waals surface area contributed by atoms with E-state index in [9.17, 15) is 0 Å². The molecule has 0 atom stereocenters. The third-order valence-electron chi connectivity index (χ3n) is 3.24. The van der Waals surface area contributed by atoms with Gasteiger partial charge in [-0.3, -0.25) is 4.90 Å². The molecule has 0 spiro atoms. The summed E-state index contributed by atoms with van der Waals surface area (Å²) in [4.78, 5) is 2.40. The lowest BCUT2D eigenvalue weighted by atomic mass is 10.2. The van der Waals surface area contributed by atoms with Gasteiger partial charge in [-0.1, -0.05) is 73.1 Å².